The average Bonchev–Trinajstić information content (AvgIpc) is 2.19. The lowest BCUT2D eigenvalue weighted by Crippen LogP contribution is -2.27. The molecule has 14 heavy (non-hydrogen) atoms. The number of carbonyl (C=O) groups excluding carboxylic acids is 1. The van der Waals surface area contributed by atoms with E-state index < -0.39 is 0 Å². The van der Waals surface area contributed by atoms with Crippen LogP contribution in [0.25, 0.3) is 0 Å². The van der Waals surface area contributed by atoms with Crippen molar-refractivity contribution in [1.29, 1.82) is 0 Å². The van der Waals surface area contributed by atoms with E-state index in [-0.39, 0.29) is 5.97 Å². The number of hydrogen-bond donors (Lipinski definition) is 0. The molecule has 0 spiro atoms. The molecule has 0 saturated carbocycles. The highest BCUT2D eigenvalue weighted by Gasteiger charge is 2.06. The summed E-state index contributed by atoms with van der Waals surface area (Å²) in [6.45, 7) is 9.56. The van der Waals surface area contributed by atoms with E-state index in [2.05, 4.69) is 18.7 Å². The minimum atomic E-state index is -0.0811. The van der Waals surface area contributed by atoms with Crippen LogP contribution in [0.5, 0.6) is 0 Å². The van der Waals surface area contributed by atoms with Crippen molar-refractivity contribution in [2.75, 3.05) is 26.2 Å². The van der Waals surface area contributed by atoms with Crippen molar-refractivity contribution in [2.45, 2.75) is 40.0 Å². The van der Waals surface area contributed by atoms with Gasteiger partial charge in [-0.3, -0.25) is 4.79 Å². The zero-order valence-electron chi connectivity index (χ0n) is 9.71. The molecular formula is C11H23NO2. The van der Waals surface area contributed by atoms with Gasteiger partial charge in [-0.1, -0.05) is 20.3 Å². The van der Waals surface area contributed by atoms with Gasteiger partial charge in [-0.05, 0) is 26.4 Å². The van der Waals surface area contributed by atoms with Crippen molar-refractivity contribution < 1.29 is 9.53 Å². The molecule has 0 heterocycles. The van der Waals surface area contributed by atoms with Gasteiger partial charge < -0.3 is 9.64 Å². The summed E-state index contributed by atoms with van der Waals surface area (Å²) in [5.41, 5.74) is 0. The lowest BCUT2D eigenvalue weighted by Gasteiger charge is -2.19. The minimum absolute atomic E-state index is 0.0811. The molecule has 0 aliphatic heterocycles. The van der Waals surface area contributed by atoms with Crippen LogP contribution in [-0.4, -0.2) is 37.1 Å². The van der Waals surface area contributed by atoms with Crippen LogP contribution in [0, 0.1) is 0 Å². The molecule has 0 aromatic carbocycles. The summed E-state index contributed by atoms with van der Waals surface area (Å²) in [4.78, 5) is 13.4. The molecule has 0 unspecified atom stereocenters. The fourth-order valence-corrected chi connectivity index (χ4v) is 1.29. The topological polar surface area (TPSA) is 29.5 Å². The van der Waals surface area contributed by atoms with Gasteiger partial charge in [0.1, 0.15) is 0 Å². The number of carbonyl (C=O) groups is 1. The zero-order valence-corrected chi connectivity index (χ0v) is 9.71. The summed E-state index contributed by atoms with van der Waals surface area (Å²) in [5.74, 6) is -0.0811. The van der Waals surface area contributed by atoms with Crippen molar-refractivity contribution in [3.63, 3.8) is 0 Å². The second kappa shape index (κ2) is 9.00. The summed E-state index contributed by atoms with van der Waals surface area (Å²) < 4.78 is 4.88. The maximum Gasteiger partial charge on any atom is 0.307 e. The van der Waals surface area contributed by atoms with Crippen molar-refractivity contribution in [1.82, 2.24) is 4.90 Å². The first kappa shape index (κ1) is 13.4. The van der Waals surface area contributed by atoms with E-state index in [9.17, 15) is 4.79 Å². The Hall–Kier alpha value is -0.570. The van der Waals surface area contributed by atoms with Crippen molar-refractivity contribution in [3.05, 3.63) is 0 Å². The summed E-state index contributed by atoms with van der Waals surface area (Å²) in [6.07, 6.45) is 2.93. The standard InChI is InChI=1S/C11H23NO2/c1-4-7-9-12(5-2)10-8-11(13)14-6-3/h4-10H2,1-3H3. The normalized spacial score (nSPS) is 10.6. The molecule has 0 aromatic heterocycles. The third-order valence-corrected chi connectivity index (χ3v) is 2.21. The molecule has 0 fully saturated rings. The second-order valence-corrected chi connectivity index (χ2v) is 3.34. The van der Waals surface area contributed by atoms with Crippen LogP contribution < -0.4 is 0 Å². The van der Waals surface area contributed by atoms with Crippen molar-refractivity contribution >= 4 is 5.97 Å². The Bertz CT molecular complexity index is 148. The second-order valence-electron chi connectivity index (χ2n) is 3.34. The number of rotatable bonds is 8. The van der Waals surface area contributed by atoms with E-state index >= 15 is 0 Å². The lowest BCUT2D eigenvalue weighted by atomic mass is 10.3. The molecule has 0 aromatic rings. The molecule has 0 aliphatic carbocycles. The molecule has 0 aliphatic rings. The third-order valence-electron chi connectivity index (χ3n) is 2.21. The molecule has 0 atom stereocenters. The first-order chi connectivity index (χ1) is 6.74. The molecule has 0 amide bonds. The van der Waals surface area contributed by atoms with Gasteiger partial charge in [0.05, 0.1) is 13.0 Å². The summed E-state index contributed by atoms with van der Waals surface area (Å²) >= 11 is 0. The summed E-state index contributed by atoms with van der Waals surface area (Å²) in [5, 5.41) is 0. The Morgan fingerprint density at radius 3 is 2.43 bits per heavy atom. The SMILES string of the molecule is CCCCN(CC)CCC(=O)OCC. The van der Waals surface area contributed by atoms with Gasteiger partial charge in [0.25, 0.3) is 0 Å². The predicted molar refractivity (Wildman–Crippen MR) is 58.3 cm³/mol. The van der Waals surface area contributed by atoms with Crippen LogP contribution in [0.1, 0.15) is 40.0 Å². The molecule has 84 valence electrons. The predicted octanol–water partition coefficient (Wildman–Crippen LogP) is 2.06. The Morgan fingerprint density at radius 2 is 1.93 bits per heavy atom. The largest absolute Gasteiger partial charge is 0.466 e. The van der Waals surface area contributed by atoms with E-state index in [0.717, 1.165) is 19.6 Å². The van der Waals surface area contributed by atoms with Gasteiger partial charge >= 0.3 is 5.97 Å². The van der Waals surface area contributed by atoms with Crippen LogP contribution in [0.2, 0.25) is 0 Å². The summed E-state index contributed by atoms with van der Waals surface area (Å²) in [7, 11) is 0. The van der Waals surface area contributed by atoms with Crippen LogP contribution in [0.15, 0.2) is 0 Å². The average molecular weight is 201 g/mol. The van der Waals surface area contributed by atoms with Gasteiger partial charge in [-0.25, -0.2) is 0 Å². The number of nitrogens with zero attached hydrogens (tertiary/aromatic N) is 1. The molecule has 3 heteroatoms. The molecule has 0 bridgehead atoms. The fourth-order valence-electron chi connectivity index (χ4n) is 1.29. The highest BCUT2D eigenvalue weighted by molar-refractivity contribution is 5.69. The van der Waals surface area contributed by atoms with E-state index in [0.29, 0.717) is 13.0 Å². The first-order valence-electron chi connectivity index (χ1n) is 5.62. The van der Waals surface area contributed by atoms with Gasteiger partial charge in [0.2, 0.25) is 0 Å². The third kappa shape index (κ3) is 6.89. The molecule has 3 nitrogen and oxygen atoms in total. The molecule has 0 saturated heterocycles. The van der Waals surface area contributed by atoms with E-state index in [1.165, 1.54) is 12.8 Å². The van der Waals surface area contributed by atoms with Crippen LogP contribution in [0.4, 0.5) is 0 Å². The van der Waals surface area contributed by atoms with Gasteiger partial charge in [-0.15, -0.1) is 0 Å². The molecule has 0 N–H and O–H groups in total. The Balaban J connectivity index is 3.55. The Morgan fingerprint density at radius 1 is 1.21 bits per heavy atom. The lowest BCUT2D eigenvalue weighted by molar-refractivity contribution is -0.143. The quantitative estimate of drug-likeness (QED) is 0.563. The molecular weight excluding hydrogens is 178 g/mol. The Labute approximate surface area is 87.4 Å². The highest BCUT2D eigenvalue weighted by atomic mass is 16.5. The van der Waals surface area contributed by atoms with Crippen molar-refractivity contribution in [2.24, 2.45) is 0 Å². The molecule has 0 rings (SSSR count). The number of esters is 1. The van der Waals surface area contributed by atoms with E-state index in [1.54, 1.807) is 0 Å². The number of ether oxygens (including phenoxy) is 1. The van der Waals surface area contributed by atoms with E-state index in [1.807, 2.05) is 6.92 Å². The van der Waals surface area contributed by atoms with Gasteiger partial charge in [-0.2, -0.15) is 0 Å². The van der Waals surface area contributed by atoms with E-state index in [4.69, 9.17) is 4.74 Å². The minimum Gasteiger partial charge on any atom is -0.466 e. The monoisotopic (exact) mass is 201 g/mol. The van der Waals surface area contributed by atoms with Crippen LogP contribution in [-0.2, 0) is 9.53 Å². The number of hydrogen-bond acceptors (Lipinski definition) is 3. The summed E-state index contributed by atoms with van der Waals surface area (Å²) in [6, 6.07) is 0. The van der Waals surface area contributed by atoms with Gasteiger partial charge in [0, 0.05) is 6.54 Å². The smallest absolute Gasteiger partial charge is 0.307 e. The zero-order chi connectivity index (χ0) is 10.8. The van der Waals surface area contributed by atoms with Gasteiger partial charge in [0.15, 0.2) is 0 Å². The van der Waals surface area contributed by atoms with Crippen LogP contribution >= 0.6 is 0 Å². The first-order valence-corrected chi connectivity index (χ1v) is 5.62. The van der Waals surface area contributed by atoms with Crippen molar-refractivity contribution in [3.8, 4) is 0 Å². The number of unbranched alkanes of at least 4 members (excludes halogenated alkanes) is 1. The van der Waals surface area contributed by atoms with Crippen LogP contribution in [0.3, 0.4) is 0 Å². The maximum absolute atomic E-state index is 11.1. The maximum atomic E-state index is 11.1. The highest BCUT2D eigenvalue weighted by Crippen LogP contribution is 1.97. The molecule has 0 radical (unpaired) electrons. The Kier molecular flexibility index (Phi) is 8.64. The fraction of sp³-hybridized carbons (Fsp3) is 0.909.